The molecule has 0 atom stereocenters. The Morgan fingerprint density at radius 2 is 1.30 bits per heavy atom. The van der Waals surface area contributed by atoms with Gasteiger partial charge in [-0.3, -0.25) is 0 Å². The van der Waals surface area contributed by atoms with E-state index in [4.69, 9.17) is 0 Å². The van der Waals surface area contributed by atoms with Gasteiger partial charge in [0.25, 0.3) is 0 Å². The van der Waals surface area contributed by atoms with Gasteiger partial charge in [-0.05, 0) is 47.9 Å². The molecule has 0 unspecified atom stereocenters. The molecule has 0 bridgehead atoms. The SMILES string of the molecule is CC1CCC(c2ccc(-c3ccc(C(F)(F)Oc4cc(F)c(C(F)(F)F)c(F)c4)cc3)c(F)c2F)CC1. The molecule has 0 radical (unpaired) electrons. The summed E-state index contributed by atoms with van der Waals surface area (Å²) in [4.78, 5) is 0. The van der Waals surface area contributed by atoms with Crippen LogP contribution in [0.2, 0.25) is 0 Å². The number of alkyl halides is 5. The molecule has 0 aromatic heterocycles. The molecule has 37 heavy (non-hydrogen) atoms. The summed E-state index contributed by atoms with van der Waals surface area (Å²) in [5.74, 6) is -7.06. The monoisotopic (exact) mass is 532 g/mol. The first-order valence-corrected chi connectivity index (χ1v) is 11.5. The Hall–Kier alpha value is -3.17. The van der Waals surface area contributed by atoms with Crippen LogP contribution in [0.25, 0.3) is 11.1 Å². The fourth-order valence-electron chi connectivity index (χ4n) is 4.60. The van der Waals surface area contributed by atoms with Crippen molar-refractivity contribution in [2.45, 2.75) is 50.8 Å². The summed E-state index contributed by atoms with van der Waals surface area (Å²) in [7, 11) is 0. The van der Waals surface area contributed by atoms with Crippen molar-refractivity contribution in [1.82, 2.24) is 0 Å². The minimum absolute atomic E-state index is 0.000856. The van der Waals surface area contributed by atoms with Crippen molar-refractivity contribution in [3.63, 3.8) is 0 Å². The third kappa shape index (κ3) is 5.57. The molecule has 198 valence electrons. The number of hydrogen-bond acceptors (Lipinski definition) is 1. The molecule has 3 aromatic rings. The van der Waals surface area contributed by atoms with Gasteiger partial charge in [-0.25, -0.2) is 17.6 Å². The van der Waals surface area contributed by atoms with Crippen LogP contribution in [0.15, 0.2) is 48.5 Å². The van der Waals surface area contributed by atoms with E-state index in [0.717, 1.165) is 49.9 Å². The van der Waals surface area contributed by atoms with Crippen LogP contribution < -0.4 is 4.74 Å². The highest BCUT2D eigenvalue weighted by Crippen LogP contribution is 2.40. The average molecular weight is 532 g/mol. The molecule has 1 aliphatic rings. The van der Waals surface area contributed by atoms with E-state index in [1.165, 1.54) is 12.1 Å². The lowest BCUT2D eigenvalue weighted by Gasteiger charge is -2.27. The summed E-state index contributed by atoms with van der Waals surface area (Å²) in [5, 5.41) is 0. The number of rotatable bonds is 5. The summed E-state index contributed by atoms with van der Waals surface area (Å²) in [5.41, 5.74) is -2.84. The van der Waals surface area contributed by atoms with E-state index in [1.54, 1.807) is 0 Å². The zero-order valence-corrected chi connectivity index (χ0v) is 19.4. The second-order valence-electron chi connectivity index (χ2n) is 9.24. The van der Waals surface area contributed by atoms with E-state index in [2.05, 4.69) is 11.7 Å². The maximum atomic E-state index is 14.9. The predicted molar refractivity (Wildman–Crippen MR) is 118 cm³/mol. The molecule has 0 saturated heterocycles. The predicted octanol–water partition coefficient (Wildman–Crippen LogP) is 9.35. The number of halogens is 9. The smallest absolute Gasteiger partial charge is 0.426 e. The first-order chi connectivity index (χ1) is 17.3. The summed E-state index contributed by atoms with van der Waals surface area (Å²) in [6.07, 6.45) is -6.26. The molecule has 1 nitrogen and oxygen atoms in total. The largest absolute Gasteiger partial charge is 0.429 e. The van der Waals surface area contributed by atoms with Gasteiger partial charge in [0, 0.05) is 17.7 Å². The molecule has 0 spiro atoms. The van der Waals surface area contributed by atoms with E-state index < -0.39 is 52.4 Å². The Labute approximate surface area is 206 Å². The van der Waals surface area contributed by atoms with Crippen LogP contribution in [-0.2, 0) is 12.3 Å². The maximum Gasteiger partial charge on any atom is 0.426 e. The summed E-state index contributed by atoms with van der Waals surface area (Å²) < 4.78 is 129. The molecule has 4 rings (SSSR count). The lowest BCUT2D eigenvalue weighted by atomic mass is 9.79. The summed E-state index contributed by atoms with van der Waals surface area (Å²) in [6, 6.07) is 6.71. The third-order valence-electron chi connectivity index (χ3n) is 6.64. The van der Waals surface area contributed by atoms with Crippen LogP contribution in [0.4, 0.5) is 39.5 Å². The van der Waals surface area contributed by atoms with Crippen LogP contribution >= 0.6 is 0 Å². The first kappa shape index (κ1) is 26.9. The minimum atomic E-state index is -5.37. The summed E-state index contributed by atoms with van der Waals surface area (Å²) in [6.45, 7) is 2.11. The zero-order valence-electron chi connectivity index (χ0n) is 19.4. The highest BCUT2D eigenvalue weighted by molar-refractivity contribution is 5.65. The van der Waals surface area contributed by atoms with Crippen LogP contribution in [-0.4, -0.2) is 0 Å². The van der Waals surface area contributed by atoms with E-state index in [1.807, 2.05) is 0 Å². The molecule has 0 amide bonds. The zero-order chi connectivity index (χ0) is 27.1. The second-order valence-corrected chi connectivity index (χ2v) is 9.24. The number of ether oxygens (including phenoxy) is 1. The van der Waals surface area contributed by atoms with E-state index in [9.17, 15) is 39.5 Å². The molecule has 1 aliphatic carbocycles. The fourth-order valence-corrected chi connectivity index (χ4v) is 4.60. The number of benzene rings is 3. The topological polar surface area (TPSA) is 9.23 Å². The second kappa shape index (κ2) is 9.95. The fraction of sp³-hybridized carbons (Fsp3) is 0.333. The van der Waals surface area contributed by atoms with Crippen LogP contribution in [0, 0.1) is 29.2 Å². The van der Waals surface area contributed by atoms with E-state index in [-0.39, 0.29) is 34.7 Å². The normalized spacial score (nSPS) is 18.6. The highest BCUT2D eigenvalue weighted by atomic mass is 19.4. The van der Waals surface area contributed by atoms with Gasteiger partial charge in [-0.2, -0.15) is 22.0 Å². The lowest BCUT2D eigenvalue weighted by Crippen LogP contribution is -2.22. The van der Waals surface area contributed by atoms with Gasteiger partial charge in [0.1, 0.15) is 22.9 Å². The van der Waals surface area contributed by atoms with Crippen LogP contribution in [0.5, 0.6) is 5.75 Å². The maximum absolute atomic E-state index is 14.9. The van der Waals surface area contributed by atoms with Gasteiger partial charge in [-0.1, -0.05) is 44.0 Å². The quantitative estimate of drug-likeness (QED) is 0.298. The van der Waals surface area contributed by atoms with Gasteiger partial charge in [-0.15, -0.1) is 0 Å². The van der Waals surface area contributed by atoms with Crippen molar-refractivity contribution in [2.24, 2.45) is 5.92 Å². The summed E-state index contributed by atoms with van der Waals surface area (Å²) >= 11 is 0. The van der Waals surface area contributed by atoms with Gasteiger partial charge in [0.05, 0.1) is 5.56 Å². The van der Waals surface area contributed by atoms with Gasteiger partial charge in [0.2, 0.25) is 0 Å². The van der Waals surface area contributed by atoms with Gasteiger partial charge >= 0.3 is 12.3 Å². The Kier molecular flexibility index (Phi) is 7.23. The van der Waals surface area contributed by atoms with Crippen LogP contribution in [0.3, 0.4) is 0 Å². The molecule has 1 saturated carbocycles. The van der Waals surface area contributed by atoms with Crippen molar-refractivity contribution in [3.8, 4) is 16.9 Å². The van der Waals surface area contributed by atoms with Crippen molar-refractivity contribution in [1.29, 1.82) is 0 Å². The Bertz CT molecular complexity index is 1250. The van der Waals surface area contributed by atoms with Crippen molar-refractivity contribution in [3.05, 3.63) is 88.5 Å². The van der Waals surface area contributed by atoms with Crippen molar-refractivity contribution in [2.75, 3.05) is 0 Å². The molecule has 0 aliphatic heterocycles. The Morgan fingerprint density at radius 1 is 0.730 bits per heavy atom. The lowest BCUT2D eigenvalue weighted by molar-refractivity contribution is -0.185. The average Bonchev–Trinajstić information content (AvgIpc) is 2.80. The molecule has 3 aromatic carbocycles. The first-order valence-electron chi connectivity index (χ1n) is 11.5. The molecule has 0 heterocycles. The molecule has 1 fully saturated rings. The van der Waals surface area contributed by atoms with Gasteiger partial charge in [0.15, 0.2) is 11.6 Å². The minimum Gasteiger partial charge on any atom is -0.429 e. The Balaban J connectivity index is 1.55. The van der Waals surface area contributed by atoms with E-state index in [0.29, 0.717) is 5.92 Å². The van der Waals surface area contributed by atoms with Crippen molar-refractivity contribution >= 4 is 0 Å². The molecular formula is C27H21F9O. The van der Waals surface area contributed by atoms with Gasteiger partial charge < -0.3 is 4.74 Å². The highest BCUT2D eigenvalue weighted by Gasteiger charge is 2.40. The molecule has 0 N–H and O–H groups in total. The van der Waals surface area contributed by atoms with Crippen molar-refractivity contribution < 1.29 is 44.3 Å². The molecule has 10 heteroatoms. The third-order valence-corrected chi connectivity index (χ3v) is 6.64. The van der Waals surface area contributed by atoms with E-state index >= 15 is 0 Å². The Morgan fingerprint density at radius 3 is 1.84 bits per heavy atom. The molecular weight excluding hydrogens is 511 g/mol. The number of hydrogen-bond donors (Lipinski definition) is 0. The standard InChI is InChI=1S/C27H21F9O/c1-14-2-4-15(5-3-14)19-10-11-20(25(31)24(19)30)16-6-8-17(9-7-16)27(35,36)37-18-12-21(28)23(22(29)13-18)26(32,33)34/h6-15H,2-5H2,1H3. The van der Waals surface area contributed by atoms with Crippen LogP contribution in [0.1, 0.15) is 55.2 Å².